The fourth-order valence-corrected chi connectivity index (χ4v) is 2.08. The third kappa shape index (κ3) is 2.07. The third-order valence-corrected chi connectivity index (χ3v) is 2.88. The molecule has 2 aromatic rings. The highest BCUT2D eigenvalue weighted by Gasteiger charge is 2.11. The lowest BCUT2D eigenvalue weighted by molar-refractivity contribution is 0.453. The van der Waals surface area contributed by atoms with Gasteiger partial charge in [0.1, 0.15) is 17.4 Å². The second-order valence-electron chi connectivity index (χ2n) is 3.28. The van der Waals surface area contributed by atoms with Crippen LogP contribution in [0.3, 0.4) is 0 Å². The van der Waals surface area contributed by atoms with Crippen LogP contribution < -0.4 is 0 Å². The minimum atomic E-state index is 0.507. The quantitative estimate of drug-likeness (QED) is 0.795. The van der Waals surface area contributed by atoms with E-state index in [1.54, 1.807) is 12.5 Å². The van der Waals surface area contributed by atoms with Crippen LogP contribution in [0.4, 0.5) is 0 Å². The average Bonchev–Trinajstić information content (AvgIpc) is 2.64. The van der Waals surface area contributed by atoms with E-state index in [4.69, 9.17) is 9.68 Å². The zero-order valence-electron chi connectivity index (χ0n) is 8.89. The summed E-state index contributed by atoms with van der Waals surface area (Å²) >= 11 is 1.26. The highest BCUT2D eigenvalue weighted by Crippen LogP contribution is 2.28. The zero-order chi connectivity index (χ0) is 11.5. The Hall–Kier alpha value is -1.80. The molecular formula is C11H9N3OS. The maximum atomic E-state index is 9.03. The Morgan fingerprint density at radius 2 is 2.25 bits per heavy atom. The number of rotatable bonds is 2. The first-order valence-corrected chi connectivity index (χ1v) is 5.48. The predicted molar refractivity (Wildman–Crippen MR) is 59.1 cm³/mol. The molecule has 0 spiro atoms. The van der Waals surface area contributed by atoms with Crippen molar-refractivity contribution in [2.75, 3.05) is 0 Å². The number of nitrogens with zero attached hydrogens (tertiary/aromatic N) is 3. The summed E-state index contributed by atoms with van der Waals surface area (Å²) in [5.41, 5.74) is 2.29. The summed E-state index contributed by atoms with van der Waals surface area (Å²) in [6.45, 7) is 3.73. The molecule has 0 saturated heterocycles. The summed E-state index contributed by atoms with van der Waals surface area (Å²) < 4.78 is 5.21. The van der Waals surface area contributed by atoms with Crippen molar-refractivity contribution in [3.05, 3.63) is 35.3 Å². The summed E-state index contributed by atoms with van der Waals surface area (Å²) in [5, 5.41) is 10.2. The van der Waals surface area contributed by atoms with Crippen LogP contribution >= 0.6 is 11.8 Å². The minimum Gasteiger partial charge on any atom is -0.439 e. The summed E-state index contributed by atoms with van der Waals surface area (Å²) in [5.74, 6) is 0. The number of aromatic nitrogens is 2. The average molecular weight is 231 g/mol. The molecule has 0 bridgehead atoms. The first-order chi connectivity index (χ1) is 7.70. The predicted octanol–water partition coefficient (Wildman–Crippen LogP) is 2.71. The topological polar surface area (TPSA) is 62.7 Å². The monoisotopic (exact) mass is 231 g/mol. The lowest BCUT2D eigenvalue weighted by atomic mass is 10.2. The molecule has 0 amide bonds. The molecule has 0 aliphatic rings. The van der Waals surface area contributed by atoms with Crippen LogP contribution in [0.5, 0.6) is 0 Å². The van der Waals surface area contributed by atoms with Gasteiger partial charge in [0.25, 0.3) is 5.22 Å². The number of pyridine rings is 1. The van der Waals surface area contributed by atoms with Gasteiger partial charge in [0.15, 0.2) is 0 Å². The van der Waals surface area contributed by atoms with E-state index in [0.717, 1.165) is 11.3 Å². The van der Waals surface area contributed by atoms with Crippen LogP contribution in [-0.2, 0) is 0 Å². The van der Waals surface area contributed by atoms with E-state index in [9.17, 15) is 0 Å². The molecule has 4 nitrogen and oxygen atoms in total. The molecule has 5 heteroatoms. The molecule has 0 radical (unpaired) electrons. The van der Waals surface area contributed by atoms with Crippen molar-refractivity contribution in [2.45, 2.75) is 24.1 Å². The van der Waals surface area contributed by atoms with E-state index in [1.807, 2.05) is 19.9 Å². The van der Waals surface area contributed by atoms with Crippen LogP contribution in [0.15, 0.2) is 33.2 Å². The van der Waals surface area contributed by atoms with Crippen molar-refractivity contribution in [2.24, 2.45) is 0 Å². The fourth-order valence-electron chi connectivity index (χ4n) is 1.21. The van der Waals surface area contributed by atoms with Crippen LogP contribution in [-0.4, -0.2) is 9.97 Å². The molecule has 2 rings (SSSR count). The summed E-state index contributed by atoms with van der Waals surface area (Å²) in [6, 6.07) is 3.95. The van der Waals surface area contributed by atoms with Gasteiger partial charge in [-0.1, -0.05) is 0 Å². The Morgan fingerprint density at radius 1 is 1.44 bits per heavy atom. The van der Waals surface area contributed by atoms with Crippen molar-refractivity contribution < 1.29 is 4.42 Å². The van der Waals surface area contributed by atoms with Crippen molar-refractivity contribution in [3.63, 3.8) is 0 Å². The molecule has 0 N–H and O–H groups in total. The van der Waals surface area contributed by atoms with Gasteiger partial charge < -0.3 is 4.42 Å². The van der Waals surface area contributed by atoms with Crippen molar-refractivity contribution in [3.8, 4) is 6.07 Å². The van der Waals surface area contributed by atoms with Gasteiger partial charge in [0.05, 0.1) is 11.3 Å². The second kappa shape index (κ2) is 4.37. The molecule has 16 heavy (non-hydrogen) atoms. The van der Waals surface area contributed by atoms with E-state index in [1.165, 1.54) is 11.8 Å². The molecule has 2 heterocycles. The number of hydrogen-bond acceptors (Lipinski definition) is 5. The van der Waals surface area contributed by atoms with Crippen molar-refractivity contribution in [1.82, 2.24) is 9.97 Å². The molecule has 0 atom stereocenters. The molecule has 2 aromatic heterocycles. The van der Waals surface area contributed by atoms with Gasteiger partial charge in [-0.2, -0.15) is 5.26 Å². The summed E-state index contributed by atoms with van der Waals surface area (Å²) in [4.78, 5) is 8.31. The molecule has 0 unspecified atom stereocenters. The number of aryl methyl sites for hydroxylation is 2. The smallest absolute Gasteiger partial charge is 0.262 e. The number of hydrogen-bond donors (Lipinski definition) is 0. The van der Waals surface area contributed by atoms with E-state index in [0.29, 0.717) is 15.8 Å². The fraction of sp³-hybridized carbons (Fsp3) is 0.182. The lowest BCUT2D eigenvalue weighted by Crippen LogP contribution is -1.90. The van der Waals surface area contributed by atoms with E-state index < -0.39 is 0 Å². The van der Waals surface area contributed by atoms with Crippen LogP contribution in [0, 0.1) is 25.2 Å². The number of nitriles is 1. The maximum absolute atomic E-state index is 9.03. The minimum absolute atomic E-state index is 0.507. The molecule has 0 fully saturated rings. The first-order valence-electron chi connectivity index (χ1n) is 4.66. The molecule has 0 aliphatic carbocycles. The molecule has 0 aliphatic heterocycles. The summed E-state index contributed by atoms with van der Waals surface area (Å²) in [7, 11) is 0. The van der Waals surface area contributed by atoms with Gasteiger partial charge in [-0.3, -0.25) is 0 Å². The largest absolute Gasteiger partial charge is 0.439 e. The molecule has 80 valence electrons. The van der Waals surface area contributed by atoms with Gasteiger partial charge in [0.2, 0.25) is 0 Å². The van der Waals surface area contributed by atoms with Gasteiger partial charge in [-0.05, 0) is 37.2 Å². The van der Waals surface area contributed by atoms with E-state index in [2.05, 4.69) is 16.0 Å². The van der Waals surface area contributed by atoms with Gasteiger partial charge in [-0.15, -0.1) is 0 Å². The first kappa shape index (κ1) is 10.7. The summed E-state index contributed by atoms with van der Waals surface area (Å²) in [6.07, 6.45) is 3.25. The maximum Gasteiger partial charge on any atom is 0.262 e. The SMILES string of the molecule is Cc1coc(Sc2nccc(C)c2C#N)n1. The Bertz CT molecular complexity index is 557. The van der Waals surface area contributed by atoms with Crippen molar-refractivity contribution in [1.29, 1.82) is 5.26 Å². The number of oxazole rings is 1. The van der Waals surface area contributed by atoms with Crippen LogP contribution in [0.1, 0.15) is 16.8 Å². The Kier molecular flexibility index (Phi) is 2.93. The van der Waals surface area contributed by atoms with E-state index >= 15 is 0 Å². The van der Waals surface area contributed by atoms with Gasteiger partial charge >= 0.3 is 0 Å². The second-order valence-corrected chi connectivity index (χ2v) is 4.22. The van der Waals surface area contributed by atoms with Crippen LogP contribution in [0.25, 0.3) is 0 Å². The normalized spacial score (nSPS) is 10.1. The Balaban J connectivity index is 2.35. The Labute approximate surface area is 97.3 Å². The molecule has 0 saturated carbocycles. The third-order valence-electron chi connectivity index (χ3n) is 2.02. The standard InChI is InChI=1S/C11H9N3OS/c1-7-3-4-13-10(9(7)5-12)16-11-14-8(2)6-15-11/h3-4,6H,1-2H3. The van der Waals surface area contributed by atoms with Gasteiger partial charge in [0, 0.05) is 6.20 Å². The van der Waals surface area contributed by atoms with Crippen molar-refractivity contribution >= 4 is 11.8 Å². The zero-order valence-corrected chi connectivity index (χ0v) is 9.71. The molecule has 0 aromatic carbocycles. The lowest BCUT2D eigenvalue weighted by Gasteiger charge is -2.01. The highest BCUT2D eigenvalue weighted by atomic mass is 32.2. The molecular weight excluding hydrogens is 222 g/mol. The van der Waals surface area contributed by atoms with E-state index in [-0.39, 0.29) is 0 Å². The Morgan fingerprint density at radius 3 is 2.88 bits per heavy atom. The highest BCUT2D eigenvalue weighted by molar-refractivity contribution is 7.99. The van der Waals surface area contributed by atoms with Crippen LogP contribution in [0.2, 0.25) is 0 Å². The van der Waals surface area contributed by atoms with Gasteiger partial charge in [-0.25, -0.2) is 9.97 Å².